The third-order valence-corrected chi connectivity index (χ3v) is 5.46. The molecule has 2 amide bonds. The van der Waals surface area contributed by atoms with Crippen LogP contribution >= 0.6 is 11.3 Å². The molecule has 10 heteroatoms. The number of aromatic nitrogens is 1. The molecule has 0 saturated carbocycles. The largest absolute Gasteiger partial charge is 0.496 e. The van der Waals surface area contributed by atoms with Crippen LogP contribution in [0.4, 0.5) is 5.13 Å². The van der Waals surface area contributed by atoms with Gasteiger partial charge in [0.1, 0.15) is 11.4 Å². The summed E-state index contributed by atoms with van der Waals surface area (Å²) < 4.78 is 15.8. The van der Waals surface area contributed by atoms with Crippen molar-refractivity contribution in [1.29, 1.82) is 0 Å². The molecule has 1 aromatic carbocycles. The van der Waals surface area contributed by atoms with Gasteiger partial charge in [-0.2, -0.15) is 0 Å². The standard InChI is InChI=1S/C22H32N4O5S/c1-6-9-26(10-7-2)11-8-23-21(28)16-14-32-22(24-16)25-20(27)15-12-18(30-4)19(31-5)13-17(15)29-3/h12-14H,6-11H2,1-5H3,(H,23,28)(H,24,25,27). The van der Waals surface area contributed by atoms with Crippen molar-refractivity contribution in [2.45, 2.75) is 26.7 Å². The Labute approximate surface area is 193 Å². The van der Waals surface area contributed by atoms with E-state index in [0.29, 0.717) is 28.9 Å². The number of methoxy groups -OCH3 is 3. The van der Waals surface area contributed by atoms with Crippen molar-refractivity contribution < 1.29 is 23.8 Å². The third kappa shape index (κ3) is 6.83. The van der Waals surface area contributed by atoms with Crippen LogP contribution in [-0.4, -0.2) is 69.2 Å². The number of anilines is 1. The maximum atomic E-state index is 12.8. The molecule has 1 aromatic heterocycles. The molecule has 0 aliphatic heterocycles. The number of hydrogen-bond donors (Lipinski definition) is 2. The topological polar surface area (TPSA) is 102 Å². The Kier molecular flexibility index (Phi) is 10.2. The molecule has 0 saturated heterocycles. The molecule has 176 valence electrons. The molecule has 1 heterocycles. The van der Waals surface area contributed by atoms with Crippen molar-refractivity contribution in [3.63, 3.8) is 0 Å². The van der Waals surface area contributed by atoms with E-state index in [0.717, 1.165) is 32.5 Å². The van der Waals surface area contributed by atoms with Crippen molar-refractivity contribution in [3.05, 3.63) is 28.8 Å². The molecule has 9 nitrogen and oxygen atoms in total. The quantitative estimate of drug-likeness (QED) is 0.469. The first-order valence-corrected chi connectivity index (χ1v) is 11.4. The average molecular weight is 465 g/mol. The van der Waals surface area contributed by atoms with E-state index in [2.05, 4.69) is 34.4 Å². The smallest absolute Gasteiger partial charge is 0.270 e. The van der Waals surface area contributed by atoms with Crippen molar-refractivity contribution in [3.8, 4) is 17.2 Å². The molecule has 0 aliphatic rings. The number of benzene rings is 1. The van der Waals surface area contributed by atoms with E-state index in [1.54, 1.807) is 11.4 Å². The zero-order valence-corrected chi connectivity index (χ0v) is 20.1. The highest BCUT2D eigenvalue weighted by atomic mass is 32.1. The molecule has 2 N–H and O–H groups in total. The van der Waals surface area contributed by atoms with Gasteiger partial charge in [0.05, 0.1) is 26.9 Å². The van der Waals surface area contributed by atoms with E-state index in [4.69, 9.17) is 14.2 Å². The molecule has 0 aliphatic carbocycles. The van der Waals surface area contributed by atoms with E-state index in [1.807, 2.05) is 0 Å². The minimum Gasteiger partial charge on any atom is -0.496 e. The Morgan fingerprint density at radius 3 is 2.16 bits per heavy atom. The van der Waals surface area contributed by atoms with Gasteiger partial charge in [-0.3, -0.25) is 14.9 Å². The van der Waals surface area contributed by atoms with Crippen LogP contribution in [0.1, 0.15) is 47.5 Å². The van der Waals surface area contributed by atoms with Crippen LogP contribution in [0.3, 0.4) is 0 Å². The van der Waals surface area contributed by atoms with Crippen LogP contribution in [0.2, 0.25) is 0 Å². The predicted molar refractivity (Wildman–Crippen MR) is 126 cm³/mol. The van der Waals surface area contributed by atoms with Gasteiger partial charge in [0.15, 0.2) is 16.6 Å². The molecule has 2 aromatic rings. The summed E-state index contributed by atoms with van der Waals surface area (Å²) in [5, 5.41) is 7.53. The van der Waals surface area contributed by atoms with Crippen LogP contribution in [-0.2, 0) is 0 Å². The molecule has 0 unspecified atom stereocenters. The zero-order chi connectivity index (χ0) is 23.5. The van der Waals surface area contributed by atoms with Gasteiger partial charge >= 0.3 is 0 Å². The van der Waals surface area contributed by atoms with Crippen molar-refractivity contribution in [1.82, 2.24) is 15.2 Å². The van der Waals surface area contributed by atoms with Crippen LogP contribution in [0, 0.1) is 0 Å². The second-order valence-corrected chi connectivity index (χ2v) is 7.86. The summed E-state index contributed by atoms with van der Waals surface area (Å²) in [6.45, 7) is 7.64. The summed E-state index contributed by atoms with van der Waals surface area (Å²) in [6, 6.07) is 3.11. The predicted octanol–water partition coefficient (Wildman–Crippen LogP) is 3.27. The van der Waals surface area contributed by atoms with Gasteiger partial charge in [0.25, 0.3) is 11.8 Å². The number of rotatable bonds is 13. The lowest BCUT2D eigenvalue weighted by atomic mass is 10.1. The average Bonchev–Trinajstić information content (AvgIpc) is 3.26. The van der Waals surface area contributed by atoms with Gasteiger partial charge in [-0.05, 0) is 25.9 Å². The van der Waals surface area contributed by atoms with Gasteiger partial charge in [-0.1, -0.05) is 13.8 Å². The highest BCUT2D eigenvalue weighted by Gasteiger charge is 2.19. The number of nitrogens with one attached hydrogen (secondary N) is 2. The second kappa shape index (κ2) is 12.9. The summed E-state index contributed by atoms with van der Waals surface area (Å²) in [6.07, 6.45) is 2.15. The Bertz CT molecular complexity index is 896. The Morgan fingerprint density at radius 1 is 0.938 bits per heavy atom. The van der Waals surface area contributed by atoms with E-state index in [1.165, 1.54) is 38.7 Å². The van der Waals surface area contributed by atoms with Gasteiger partial charge in [-0.15, -0.1) is 11.3 Å². The van der Waals surface area contributed by atoms with E-state index < -0.39 is 5.91 Å². The summed E-state index contributed by atoms with van der Waals surface area (Å²) in [5.41, 5.74) is 0.528. The Morgan fingerprint density at radius 2 is 1.56 bits per heavy atom. The number of hydrogen-bond acceptors (Lipinski definition) is 8. The van der Waals surface area contributed by atoms with Gasteiger partial charge in [0, 0.05) is 30.6 Å². The number of thiazole rings is 1. The van der Waals surface area contributed by atoms with Gasteiger partial charge < -0.3 is 24.4 Å². The highest BCUT2D eigenvalue weighted by Crippen LogP contribution is 2.35. The minimum absolute atomic E-state index is 0.262. The summed E-state index contributed by atoms with van der Waals surface area (Å²) in [5.74, 6) is 0.485. The first-order valence-electron chi connectivity index (χ1n) is 10.5. The first-order chi connectivity index (χ1) is 15.5. The maximum absolute atomic E-state index is 12.8. The van der Waals surface area contributed by atoms with Crippen molar-refractivity contribution in [2.75, 3.05) is 52.8 Å². The third-order valence-electron chi connectivity index (χ3n) is 4.70. The van der Waals surface area contributed by atoms with Crippen molar-refractivity contribution in [2.24, 2.45) is 0 Å². The monoisotopic (exact) mass is 464 g/mol. The summed E-state index contributed by atoms with van der Waals surface area (Å²) in [4.78, 5) is 31.8. The molecule has 2 rings (SSSR count). The Hall–Kier alpha value is -2.85. The summed E-state index contributed by atoms with van der Waals surface area (Å²) >= 11 is 1.18. The normalized spacial score (nSPS) is 10.7. The van der Waals surface area contributed by atoms with Crippen LogP contribution in [0.15, 0.2) is 17.5 Å². The zero-order valence-electron chi connectivity index (χ0n) is 19.3. The summed E-state index contributed by atoms with van der Waals surface area (Å²) in [7, 11) is 4.46. The van der Waals surface area contributed by atoms with Crippen molar-refractivity contribution >= 4 is 28.3 Å². The second-order valence-electron chi connectivity index (χ2n) is 7.00. The van der Waals surface area contributed by atoms with E-state index >= 15 is 0 Å². The number of ether oxygens (including phenoxy) is 3. The van der Waals surface area contributed by atoms with E-state index in [9.17, 15) is 9.59 Å². The van der Waals surface area contributed by atoms with E-state index in [-0.39, 0.29) is 17.2 Å². The molecule has 32 heavy (non-hydrogen) atoms. The lowest BCUT2D eigenvalue weighted by molar-refractivity contribution is 0.0942. The highest BCUT2D eigenvalue weighted by molar-refractivity contribution is 7.14. The molecular weight excluding hydrogens is 432 g/mol. The van der Waals surface area contributed by atoms with Gasteiger partial charge in [0.2, 0.25) is 0 Å². The van der Waals surface area contributed by atoms with Crippen LogP contribution in [0.5, 0.6) is 17.2 Å². The molecule has 0 radical (unpaired) electrons. The molecular formula is C22H32N4O5S. The lowest BCUT2D eigenvalue weighted by Gasteiger charge is -2.20. The Balaban J connectivity index is 2.01. The fraction of sp³-hybridized carbons (Fsp3) is 0.500. The number of carbonyl (C=O) groups is 2. The number of nitrogens with zero attached hydrogens (tertiary/aromatic N) is 2. The molecule has 0 bridgehead atoms. The first kappa shape index (κ1) is 25.4. The fourth-order valence-corrected chi connectivity index (χ4v) is 3.88. The van der Waals surface area contributed by atoms with Gasteiger partial charge in [-0.25, -0.2) is 4.98 Å². The molecule has 0 atom stereocenters. The number of carbonyl (C=O) groups excluding carboxylic acids is 2. The SMILES string of the molecule is CCCN(CCC)CCNC(=O)c1csc(NC(=O)c2cc(OC)c(OC)cc2OC)n1. The number of amides is 2. The molecule has 0 fully saturated rings. The lowest BCUT2D eigenvalue weighted by Crippen LogP contribution is -2.35. The molecule has 0 spiro atoms. The van der Waals surface area contributed by atoms with Crippen LogP contribution in [0.25, 0.3) is 0 Å². The maximum Gasteiger partial charge on any atom is 0.270 e. The minimum atomic E-state index is -0.432. The van der Waals surface area contributed by atoms with Crippen LogP contribution < -0.4 is 24.8 Å². The fourth-order valence-electron chi connectivity index (χ4n) is 3.19.